The Labute approximate surface area is 200 Å². The number of hydrogen-bond acceptors (Lipinski definition) is 5. The third kappa shape index (κ3) is 5.21. The highest BCUT2D eigenvalue weighted by molar-refractivity contribution is 8.18. The summed E-state index contributed by atoms with van der Waals surface area (Å²) in [5.74, 6) is 0.597. The summed E-state index contributed by atoms with van der Waals surface area (Å²) in [4.78, 5) is 29.6. The van der Waals surface area contributed by atoms with E-state index in [9.17, 15) is 9.59 Å². The summed E-state index contributed by atoms with van der Waals surface area (Å²) in [6.45, 7) is 4.86. The SMILES string of the molecule is CCOc1ccc2ccc(OCC)c(/C=C3\SC(=NC(=O)c4ccc(Cl)cc4)NC3=O)c2c1. The first-order valence-electron chi connectivity index (χ1n) is 10.4. The van der Waals surface area contributed by atoms with E-state index in [2.05, 4.69) is 10.3 Å². The number of ether oxygens (including phenoxy) is 2. The Morgan fingerprint density at radius 1 is 1.06 bits per heavy atom. The van der Waals surface area contributed by atoms with Gasteiger partial charge in [-0.2, -0.15) is 4.99 Å². The second-order valence-electron chi connectivity index (χ2n) is 7.02. The van der Waals surface area contributed by atoms with Crippen LogP contribution in [0.2, 0.25) is 5.02 Å². The monoisotopic (exact) mass is 480 g/mol. The Kier molecular flexibility index (Phi) is 7.01. The molecule has 33 heavy (non-hydrogen) atoms. The van der Waals surface area contributed by atoms with Gasteiger partial charge in [-0.25, -0.2) is 0 Å². The number of aliphatic imine (C=N–C) groups is 1. The zero-order valence-corrected chi connectivity index (χ0v) is 19.6. The lowest BCUT2D eigenvalue weighted by Crippen LogP contribution is -2.20. The fraction of sp³-hybridized carbons (Fsp3) is 0.160. The van der Waals surface area contributed by atoms with Crippen molar-refractivity contribution >= 4 is 57.2 Å². The molecule has 1 saturated heterocycles. The van der Waals surface area contributed by atoms with Gasteiger partial charge in [0.1, 0.15) is 11.5 Å². The van der Waals surface area contributed by atoms with Crippen molar-refractivity contribution in [3.63, 3.8) is 0 Å². The highest BCUT2D eigenvalue weighted by atomic mass is 35.5. The number of halogens is 1. The molecule has 2 amide bonds. The summed E-state index contributed by atoms with van der Waals surface area (Å²) in [6, 6.07) is 16.1. The largest absolute Gasteiger partial charge is 0.494 e. The predicted molar refractivity (Wildman–Crippen MR) is 133 cm³/mol. The van der Waals surface area contributed by atoms with Crippen LogP contribution in [0.3, 0.4) is 0 Å². The van der Waals surface area contributed by atoms with Gasteiger partial charge in [-0.15, -0.1) is 0 Å². The smallest absolute Gasteiger partial charge is 0.279 e. The summed E-state index contributed by atoms with van der Waals surface area (Å²) in [5, 5.41) is 5.30. The van der Waals surface area contributed by atoms with Crippen molar-refractivity contribution in [2.24, 2.45) is 4.99 Å². The number of thioether (sulfide) groups is 1. The van der Waals surface area contributed by atoms with Crippen molar-refractivity contribution in [1.29, 1.82) is 0 Å². The van der Waals surface area contributed by atoms with E-state index < -0.39 is 5.91 Å². The molecule has 168 valence electrons. The van der Waals surface area contributed by atoms with Crippen LogP contribution in [-0.2, 0) is 4.79 Å². The van der Waals surface area contributed by atoms with Crippen molar-refractivity contribution in [1.82, 2.24) is 5.32 Å². The van der Waals surface area contributed by atoms with Crippen molar-refractivity contribution in [2.45, 2.75) is 13.8 Å². The summed E-state index contributed by atoms with van der Waals surface area (Å²) in [5.41, 5.74) is 1.15. The quantitative estimate of drug-likeness (QED) is 0.458. The van der Waals surface area contributed by atoms with E-state index in [1.54, 1.807) is 30.3 Å². The average molecular weight is 481 g/mol. The molecule has 0 spiro atoms. The molecule has 1 fully saturated rings. The molecule has 8 heteroatoms. The standard InChI is InChI=1S/C25H21ClN2O4S/c1-3-31-18-11-7-15-8-12-21(32-4-2)20(19(15)13-18)14-22-24(30)28-25(33-22)27-23(29)16-5-9-17(26)10-6-16/h5-14H,3-4H2,1-2H3,(H,27,28,29,30)/b22-14-. The molecule has 1 heterocycles. The number of hydrogen-bond donors (Lipinski definition) is 1. The van der Waals surface area contributed by atoms with Gasteiger partial charge in [0.05, 0.1) is 18.1 Å². The minimum atomic E-state index is -0.461. The van der Waals surface area contributed by atoms with Gasteiger partial charge < -0.3 is 14.8 Å². The fourth-order valence-electron chi connectivity index (χ4n) is 3.35. The number of carbonyl (C=O) groups is 2. The van der Waals surface area contributed by atoms with Crippen LogP contribution in [0.1, 0.15) is 29.8 Å². The molecule has 3 aromatic rings. The summed E-state index contributed by atoms with van der Waals surface area (Å²) < 4.78 is 11.5. The lowest BCUT2D eigenvalue weighted by molar-refractivity contribution is -0.115. The zero-order valence-electron chi connectivity index (χ0n) is 18.1. The zero-order chi connectivity index (χ0) is 23.4. The normalized spacial score (nSPS) is 15.8. The van der Waals surface area contributed by atoms with Gasteiger partial charge >= 0.3 is 0 Å². The van der Waals surface area contributed by atoms with Crippen LogP contribution < -0.4 is 14.8 Å². The predicted octanol–water partition coefficient (Wildman–Crippen LogP) is 5.69. The highest BCUT2D eigenvalue weighted by Crippen LogP contribution is 2.35. The molecular formula is C25H21ClN2O4S. The molecular weight excluding hydrogens is 460 g/mol. The fourth-order valence-corrected chi connectivity index (χ4v) is 4.28. The number of benzene rings is 3. The maximum atomic E-state index is 12.7. The van der Waals surface area contributed by atoms with Gasteiger partial charge in [0.25, 0.3) is 11.8 Å². The number of amidine groups is 1. The Balaban J connectivity index is 1.70. The van der Waals surface area contributed by atoms with Crippen LogP contribution in [0, 0.1) is 0 Å². The summed E-state index contributed by atoms with van der Waals surface area (Å²) in [7, 11) is 0. The van der Waals surface area contributed by atoms with E-state index in [1.807, 2.05) is 44.2 Å². The van der Waals surface area contributed by atoms with E-state index >= 15 is 0 Å². The van der Waals surface area contributed by atoms with Gasteiger partial charge in [-0.05, 0) is 84.9 Å². The lowest BCUT2D eigenvalue weighted by atomic mass is 10.0. The van der Waals surface area contributed by atoms with Crippen LogP contribution in [0.25, 0.3) is 16.8 Å². The molecule has 6 nitrogen and oxygen atoms in total. The number of nitrogens with zero attached hydrogens (tertiary/aromatic N) is 1. The van der Waals surface area contributed by atoms with E-state index in [0.29, 0.717) is 34.5 Å². The maximum absolute atomic E-state index is 12.7. The van der Waals surface area contributed by atoms with Gasteiger partial charge in [0.15, 0.2) is 5.17 Å². The molecule has 0 bridgehead atoms. The molecule has 0 aliphatic carbocycles. The first kappa shape index (κ1) is 22.9. The number of rotatable bonds is 6. The van der Waals surface area contributed by atoms with Crippen molar-refractivity contribution in [3.05, 3.63) is 75.7 Å². The van der Waals surface area contributed by atoms with Gasteiger partial charge in [0.2, 0.25) is 0 Å². The maximum Gasteiger partial charge on any atom is 0.279 e. The molecule has 4 rings (SSSR count). The minimum absolute atomic E-state index is 0.222. The lowest BCUT2D eigenvalue weighted by Gasteiger charge is -2.12. The van der Waals surface area contributed by atoms with Crippen molar-refractivity contribution < 1.29 is 19.1 Å². The molecule has 0 atom stereocenters. The second-order valence-corrected chi connectivity index (χ2v) is 8.49. The second kappa shape index (κ2) is 10.1. The van der Waals surface area contributed by atoms with Gasteiger partial charge in [-0.1, -0.05) is 23.7 Å². The van der Waals surface area contributed by atoms with Crippen LogP contribution >= 0.6 is 23.4 Å². The molecule has 3 aromatic carbocycles. The van der Waals surface area contributed by atoms with E-state index in [-0.39, 0.29) is 11.1 Å². The van der Waals surface area contributed by atoms with E-state index in [1.165, 1.54) is 0 Å². The Morgan fingerprint density at radius 2 is 1.79 bits per heavy atom. The number of carbonyl (C=O) groups excluding carboxylic acids is 2. The third-order valence-electron chi connectivity index (χ3n) is 4.83. The molecule has 0 saturated carbocycles. The van der Waals surface area contributed by atoms with Crippen LogP contribution in [0.15, 0.2) is 64.5 Å². The third-order valence-corrected chi connectivity index (χ3v) is 5.99. The average Bonchev–Trinajstić information content (AvgIpc) is 3.14. The molecule has 1 aliphatic rings. The minimum Gasteiger partial charge on any atom is -0.494 e. The van der Waals surface area contributed by atoms with E-state index in [0.717, 1.165) is 33.8 Å². The van der Waals surface area contributed by atoms with E-state index in [4.69, 9.17) is 21.1 Å². The van der Waals surface area contributed by atoms with Crippen LogP contribution in [0.5, 0.6) is 11.5 Å². The first-order chi connectivity index (χ1) is 16.0. The Hall–Kier alpha value is -3.29. The summed E-state index contributed by atoms with van der Waals surface area (Å²) in [6.07, 6.45) is 1.76. The van der Waals surface area contributed by atoms with Gasteiger partial charge in [0, 0.05) is 16.1 Å². The van der Waals surface area contributed by atoms with Crippen molar-refractivity contribution in [3.8, 4) is 11.5 Å². The Morgan fingerprint density at radius 3 is 2.52 bits per heavy atom. The molecule has 0 aromatic heterocycles. The van der Waals surface area contributed by atoms with Gasteiger partial charge in [-0.3, -0.25) is 9.59 Å². The Bertz CT molecular complexity index is 1280. The highest BCUT2D eigenvalue weighted by Gasteiger charge is 2.26. The number of nitrogens with one attached hydrogen (secondary N) is 1. The van der Waals surface area contributed by atoms with Crippen molar-refractivity contribution in [2.75, 3.05) is 13.2 Å². The molecule has 0 radical (unpaired) electrons. The first-order valence-corrected chi connectivity index (χ1v) is 11.6. The molecule has 0 unspecified atom stereocenters. The van der Waals surface area contributed by atoms with Crippen LogP contribution in [-0.4, -0.2) is 30.2 Å². The topological polar surface area (TPSA) is 77.0 Å². The molecule has 1 aliphatic heterocycles. The van der Waals surface area contributed by atoms with Crippen LogP contribution in [0.4, 0.5) is 0 Å². The summed E-state index contributed by atoms with van der Waals surface area (Å²) >= 11 is 6.98. The number of fused-ring (bicyclic) bond motifs is 1. The number of amides is 2. The molecule has 1 N–H and O–H groups in total.